The van der Waals surface area contributed by atoms with Crippen LogP contribution >= 0.6 is 0 Å². The number of benzene rings is 1. The van der Waals surface area contributed by atoms with Crippen LogP contribution in [0.15, 0.2) is 42.1 Å². The van der Waals surface area contributed by atoms with E-state index >= 15 is 0 Å². The molecule has 0 amide bonds. The zero-order chi connectivity index (χ0) is 22.7. The first-order valence-corrected chi connectivity index (χ1v) is 10.1. The van der Waals surface area contributed by atoms with Crippen molar-refractivity contribution in [1.29, 1.82) is 0 Å². The van der Waals surface area contributed by atoms with Crippen molar-refractivity contribution < 1.29 is 36.9 Å². The number of methoxy groups -OCH3 is 1. The fourth-order valence-corrected chi connectivity index (χ4v) is 3.59. The Morgan fingerprint density at radius 2 is 2.03 bits per heavy atom. The van der Waals surface area contributed by atoms with E-state index in [9.17, 15) is 18.0 Å². The summed E-state index contributed by atoms with van der Waals surface area (Å²) in [7, 11) is 1.21. The summed E-state index contributed by atoms with van der Waals surface area (Å²) in [4.78, 5) is 12.5. The zero-order valence-electron chi connectivity index (χ0n) is 17.6. The SMILES string of the molecule is C=C(OC)/C(F)=C1/Oc2c(cc(C(=O)OC3CCC(CCC)OC3)c(F)c2F)CC1=C. The van der Waals surface area contributed by atoms with Gasteiger partial charge in [0.15, 0.2) is 23.1 Å². The van der Waals surface area contributed by atoms with Gasteiger partial charge in [-0.2, -0.15) is 8.78 Å². The number of carbonyl (C=O) groups excluding carboxylic acids is 1. The molecule has 1 aromatic carbocycles. The van der Waals surface area contributed by atoms with Gasteiger partial charge in [0.25, 0.3) is 0 Å². The van der Waals surface area contributed by atoms with E-state index < -0.39 is 46.6 Å². The van der Waals surface area contributed by atoms with Crippen molar-refractivity contribution in [3.05, 3.63) is 64.9 Å². The molecule has 1 saturated heterocycles. The second kappa shape index (κ2) is 9.60. The number of esters is 1. The van der Waals surface area contributed by atoms with E-state index in [1.54, 1.807) is 0 Å². The minimum atomic E-state index is -1.43. The molecule has 5 nitrogen and oxygen atoms in total. The van der Waals surface area contributed by atoms with Gasteiger partial charge in [-0.15, -0.1) is 0 Å². The lowest BCUT2D eigenvalue weighted by Gasteiger charge is -2.29. The Morgan fingerprint density at radius 1 is 1.29 bits per heavy atom. The second-order valence-electron chi connectivity index (χ2n) is 7.54. The van der Waals surface area contributed by atoms with E-state index in [2.05, 4.69) is 20.1 Å². The molecule has 0 aliphatic carbocycles. The predicted octanol–water partition coefficient (Wildman–Crippen LogP) is 5.30. The van der Waals surface area contributed by atoms with Crippen molar-refractivity contribution in [3.63, 3.8) is 0 Å². The van der Waals surface area contributed by atoms with E-state index in [1.807, 2.05) is 0 Å². The molecule has 31 heavy (non-hydrogen) atoms. The van der Waals surface area contributed by atoms with E-state index in [1.165, 1.54) is 7.11 Å². The summed E-state index contributed by atoms with van der Waals surface area (Å²) in [6.07, 6.45) is 2.76. The summed E-state index contributed by atoms with van der Waals surface area (Å²) < 4.78 is 64.7. The number of carbonyl (C=O) groups is 1. The average molecular weight is 438 g/mol. The monoisotopic (exact) mass is 438 g/mol. The zero-order valence-corrected chi connectivity index (χ0v) is 17.6. The average Bonchev–Trinajstić information content (AvgIpc) is 2.76. The molecule has 2 atom stereocenters. The van der Waals surface area contributed by atoms with Gasteiger partial charge in [0.2, 0.25) is 11.6 Å². The largest absolute Gasteiger partial charge is 0.494 e. The summed E-state index contributed by atoms with van der Waals surface area (Å²) >= 11 is 0. The fourth-order valence-electron chi connectivity index (χ4n) is 3.59. The van der Waals surface area contributed by atoms with Crippen LogP contribution in [-0.4, -0.2) is 31.9 Å². The Labute approximate surface area is 179 Å². The second-order valence-corrected chi connectivity index (χ2v) is 7.54. The molecule has 0 bridgehead atoms. The van der Waals surface area contributed by atoms with Crippen molar-refractivity contribution >= 4 is 5.97 Å². The Hall–Kier alpha value is -2.74. The Balaban J connectivity index is 1.81. The Bertz CT molecular complexity index is 930. The molecular weight excluding hydrogens is 413 g/mol. The van der Waals surface area contributed by atoms with Crippen LogP contribution in [0.5, 0.6) is 5.75 Å². The first-order valence-electron chi connectivity index (χ1n) is 10.1. The van der Waals surface area contributed by atoms with E-state index in [4.69, 9.17) is 18.9 Å². The molecule has 0 saturated carbocycles. The van der Waals surface area contributed by atoms with Gasteiger partial charge in [0.1, 0.15) is 6.10 Å². The quantitative estimate of drug-likeness (QED) is 0.446. The number of halogens is 3. The summed E-state index contributed by atoms with van der Waals surface area (Å²) in [5.41, 5.74) is -0.243. The van der Waals surface area contributed by atoms with Crippen LogP contribution in [0.25, 0.3) is 0 Å². The molecule has 0 aromatic heterocycles. The molecule has 1 aromatic rings. The van der Waals surface area contributed by atoms with Crippen molar-refractivity contribution in [2.75, 3.05) is 13.7 Å². The third-order valence-electron chi connectivity index (χ3n) is 5.29. The van der Waals surface area contributed by atoms with Gasteiger partial charge < -0.3 is 18.9 Å². The minimum Gasteiger partial charge on any atom is -0.494 e. The van der Waals surface area contributed by atoms with Crippen molar-refractivity contribution in [3.8, 4) is 5.75 Å². The predicted molar refractivity (Wildman–Crippen MR) is 107 cm³/mol. The van der Waals surface area contributed by atoms with Gasteiger partial charge in [-0.1, -0.05) is 26.5 Å². The van der Waals surface area contributed by atoms with Crippen molar-refractivity contribution in [2.45, 2.75) is 51.2 Å². The lowest BCUT2D eigenvalue weighted by molar-refractivity contribution is -0.0689. The van der Waals surface area contributed by atoms with Gasteiger partial charge >= 0.3 is 5.97 Å². The van der Waals surface area contributed by atoms with Crippen LogP contribution in [0.1, 0.15) is 48.5 Å². The molecular formula is C23H25F3O5. The van der Waals surface area contributed by atoms with Crippen molar-refractivity contribution in [2.24, 2.45) is 0 Å². The topological polar surface area (TPSA) is 54.0 Å². The molecule has 2 heterocycles. The molecule has 1 fully saturated rings. The first kappa shape index (κ1) is 22.9. The number of ether oxygens (including phenoxy) is 4. The highest BCUT2D eigenvalue weighted by Gasteiger charge is 2.32. The summed E-state index contributed by atoms with van der Waals surface area (Å²) in [5, 5.41) is 0. The molecule has 0 spiro atoms. The van der Waals surface area contributed by atoms with Gasteiger partial charge in [-0.3, -0.25) is 0 Å². The van der Waals surface area contributed by atoms with Gasteiger partial charge in [0.05, 0.1) is 25.4 Å². The molecule has 0 radical (unpaired) electrons. The van der Waals surface area contributed by atoms with E-state index in [-0.39, 0.29) is 36.0 Å². The maximum atomic E-state index is 14.7. The van der Waals surface area contributed by atoms with Gasteiger partial charge in [-0.25, -0.2) is 9.18 Å². The van der Waals surface area contributed by atoms with Crippen molar-refractivity contribution in [1.82, 2.24) is 0 Å². The lowest BCUT2D eigenvalue weighted by atomic mass is 9.97. The highest BCUT2D eigenvalue weighted by Crippen LogP contribution is 2.39. The standard InChI is InChI=1S/C23H25F3O5/c1-5-6-15-7-8-16(11-29-15)30-23(27)17-10-14-9-12(2)21(18(24)13(3)28-4)31-22(14)20(26)19(17)25/h10,15-16H,2-3,5-9,11H2,1,4H3/b21-18-. The van der Waals surface area contributed by atoms with E-state index in [0.717, 1.165) is 25.3 Å². The molecule has 168 valence electrons. The highest BCUT2D eigenvalue weighted by atomic mass is 19.2. The molecule has 2 aliphatic heterocycles. The molecule has 3 rings (SSSR count). The summed E-state index contributed by atoms with van der Waals surface area (Å²) in [6, 6.07) is 1.14. The number of allylic oxidation sites excluding steroid dienone is 2. The number of hydrogen-bond acceptors (Lipinski definition) is 5. The molecule has 0 N–H and O–H groups in total. The number of fused-ring (bicyclic) bond motifs is 1. The maximum Gasteiger partial charge on any atom is 0.341 e. The number of rotatable bonds is 6. The smallest absolute Gasteiger partial charge is 0.341 e. The van der Waals surface area contributed by atoms with E-state index in [0.29, 0.717) is 6.42 Å². The molecule has 8 heteroatoms. The summed E-state index contributed by atoms with van der Waals surface area (Å²) in [6.45, 7) is 9.35. The number of hydrogen-bond donors (Lipinski definition) is 0. The van der Waals surface area contributed by atoms with Crippen LogP contribution in [0.4, 0.5) is 13.2 Å². The lowest BCUT2D eigenvalue weighted by Crippen LogP contribution is -2.33. The van der Waals surface area contributed by atoms with Crippen LogP contribution in [0.3, 0.4) is 0 Å². The Kier molecular flexibility index (Phi) is 7.10. The summed E-state index contributed by atoms with van der Waals surface area (Å²) in [5.74, 6) is -6.05. The fraction of sp³-hybridized carbons (Fsp3) is 0.435. The minimum absolute atomic E-state index is 0.0577. The van der Waals surface area contributed by atoms with Crippen LogP contribution < -0.4 is 4.74 Å². The molecule has 2 aliphatic rings. The first-order chi connectivity index (χ1) is 14.8. The third kappa shape index (κ3) is 4.79. The van der Waals surface area contributed by atoms with Gasteiger partial charge in [0, 0.05) is 12.0 Å². The normalized spacial score (nSPS) is 22.3. The molecule has 2 unspecified atom stereocenters. The van der Waals surface area contributed by atoms with Gasteiger partial charge in [-0.05, 0) is 30.9 Å². The Morgan fingerprint density at radius 3 is 2.65 bits per heavy atom. The third-order valence-corrected chi connectivity index (χ3v) is 5.29. The maximum absolute atomic E-state index is 14.7. The van der Waals surface area contributed by atoms with Crippen LogP contribution in [0, 0.1) is 11.6 Å². The highest BCUT2D eigenvalue weighted by molar-refractivity contribution is 5.90. The van der Waals surface area contributed by atoms with Crippen LogP contribution in [0.2, 0.25) is 0 Å². The van der Waals surface area contributed by atoms with Crippen LogP contribution in [-0.2, 0) is 20.6 Å².